The molecule has 0 aliphatic heterocycles. The van der Waals surface area contributed by atoms with E-state index in [2.05, 4.69) is 15.5 Å². The van der Waals surface area contributed by atoms with E-state index in [0.717, 1.165) is 36.1 Å². The second-order valence-electron chi connectivity index (χ2n) is 5.20. The Morgan fingerprint density at radius 3 is 2.87 bits per heavy atom. The number of aryl methyl sites for hydroxylation is 1. The van der Waals surface area contributed by atoms with Crippen molar-refractivity contribution < 1.29 is 9.26 Å². The Morgan fingerprint density at radius 1 is 1.35 bits per heavy atom. The number of hydrogen-bond donors (Lipinski definition) is 1. The van der Waals surface area contributed by atoms with E-state index in [4.69, 9.17) is 9.26 Å². The van der Waals surface area contributed by atoms with Gasteiger partial charge in [-0.25, -0.2) is 4.99 Å². The zero-order valence-corrected chi connectivity index (χ0v) is 14.0. The summed E-state index contributed by atoms with van der Waals surface area (Å²) in [5.74, 6) is 1.74. The summed E-state index contributed by atoms with van der Waals surface area (Å²) in [6.45, 7) is 6.71. The molecular weight excluding hydrogens is 292 g/mol. The van der Waals surface area contributed by atoms with Gasteiger partial charge in [0.25, 0.3) is 0 Å². The normalized spacial score (nSPS) is 11.3. The predicted molar refractivity (Wildman–Crippen MR) is 90.6 cm³/mol. The number of rotatable bonds is 7. The van der Waals surface area contributed by atoms with E-state index in [9.17, 15) is 0 Å². The van der Waals surface area contributed by atoms with E-state index in [-0.39, 0.29) is 0 Å². The summed E-state index contributed by atoms with van der Waals surface area (Å²) in [6.07, 6.45) is 1.55. The lowest BCUT2D eigenvalue weighted by Crippen LogP contribution is -2.40. The minimum Gasteiger partial charge on any atom is -0.491 e. The summed E-state index contributed by atoms with van der Waals surface area (Å²) in [5.41, 5.74) is 1.95. The molecule has 0 saturated heterocycles. The smallest absolute Gasteiger partial charge is 0.194 e. The van der Waals surface area contributed by atoms with Crippen molar-refractivity contribution in [1.29, 1.82) is 0 Å². The van der Waals surface area contributed by atoms with E-state index in [1.807, 2.05) is 56.1 Å². The molecule has 6 heteroatoms. The summed E-state index contributed by atoms with van der Waals surface area (Å²) >= 11 is 0. The van der Waals surface area contributed by atoms with Crippen molar-refractivity contribution >= 4 is 5.96 Å². The van der Waals surface area contributed by atoms with Crippen LogP contribution in [0.4, 0.5) is 0 Å². The van der Waals surface area contributed by atoms with Gasteiger partial charge in [-0.2, -0.15) is 0 Å². The Balaban J connectivity index is 1.86. The number of guanidine groups is 1. The first-order valence-corrected chi connectivity index (χ1v) is 7.78. The van der Waals surface area contributed by atoms with E-state index >= 15 is 0 Å². The van der Waals surface area contributed by atoms with Gasteiger partial charge in [0.2, 0.25) is 0 Å². The number of nitrogens with one attached hydrogen (secondary N) is 1. The zero-order chi connectivity index (χ0) is 16.5. The molecule has 1 aromatic carbocycles. The largest absolute Gasteiger partial charge is 0.491 e. The topological polar surface area (TPSA) is 62.9 Å². The predicted octanol–water partition coefficient (Wildman–Crippen LogP) is 2.46. The van der Waals surface area contributed by atoms with Gasteiger partial charge in [-0.15, -0.1) is 0 Å². The van der Waals surface area contributed by atoms with Crippen LogP contribution in [0.2, 0.25) is 0 Å². The highest BCUT2D eigenvalue weighted by Crippen LogP contribution is 2.15. The van der Waals surface area contributed by atoms with E-state index in [1.165, 1.54) is 0 Å². The summed E-state index contributed by atoms with van der Waals surface area (Å²) in [4.78, 5) is 6.60. The highest BCUT2D eigenvalue weighted by Gasteiger charge is 2.07. The first kappa shape index (κ1) is 16.9. The number of benzene rings is 1. The Kier molecular flexibility index (Phi) is 6.47. The lowest BCUT2D eigenvalue weighted by molar-refractivity contribution is 0.280. The Morgan fingerprint density at radius 2 is 2.17 bits per heavy atom. The highest BCUT2D eigenvalue weighted by atomic mass is 16.5. The second-order valence-corrected chi connectivity index (χ2v) is 5.20. The van der Waals surface area contributed by atoms with Crippen LogP contribution < -0.4 is 10.1 Å². The molecule has 1 N–H and O–H groups in total. The molecule has 0 aliphatic carbocycles. The molecule has 2 rings (SSSR count). The van der Waals surface area contributed by atoms with Crippen molar-refractivity contribution in [2.24, 2.45) is 4.99 Å². The number of aliphatic imine (C=N–C) groups is 1. The molecule has 0 radical (unpaired) electrons. The third kappa shape index (κ3) is 5.32. The molecule has 0 bridgehead atoms. The van der Waals surface area contributed by atoms with Crippen LogP contribution in [-0.2, 0) is 6.54 Å². The SMILES string of the molecule is CCNC(=NCc1ccon1)N(C)CCOc1ccccc1C. The maximum Gasteiger partial charge on any atom is 0.194 e. The van der Waals surface area contributed by atoms with Crippen molar-refractivity contribution in [3.8, 4) is 5.75 Å². The van der Waals surface area contributed by atoms with E-state index in [1.54, 1.807) is 6.26 Å². The van der Waals surface area contributed by atoms with Crippen LogP contribution in [0.15, 0.2) is 46.1 Å². The van der Waals surface area contributed by atoms with Gasteiger partial charge in [0.1, 0.15) is 24.3 Å². The fraction of sp³-hybridized carbons (Fsp3) is 0.412. The van der Waals surface area contributed by atoms with E-state index < -0.39 is 0 Å². The molecule has 1 aromatic heterocycles. The molecule has 0 amide bonds. The molecule has 6 nitrogen and oxygen atoms in total. The first-order chi connectivity index (χ1) is 11.2. The number of likely N-dealkylation sites (N-methyl/N-ethyl adjacent to an activating group) is 1. The molecule has 124 valence electrons. The molecule has 23 heavy (non-hydrogen) atoms. The Hall–Kier alpha value is -2.50. The van der Waals surface area contributed by atoms with Gasteiger partial charge in [-0.1, -0.05) is 23.4 Å². The Labute approximate surface area is 137 Å². The molecule has 0 spiro atoms. The van der Waals surface area contributed by atoms with Crippen molar-refractivity contribution in [2.75, 3.05) is 26.7 Å². The molecular formula is C17H24N4O2. The minimum absolute atomic E-state index is 0.488. The van der Waals surface area contributed by atoms with Crippen LogP contribution in [0.1, 0.15) is 18.2 Å². The summed E-state index contributed by atoms with van der Waals surface area (Å²) < 4.78 is 10.7. The molecule has 0 saturated carbocycles. The maximum atomic E-state index is 5.83. The first-order valence-electron chi connectivity index (χ1n) is 7.78. The molecule has 1 heterocycles. The van der Waals surface area contributed by atoms with Crippen LogP contribution in [0.3, 0.4) is 0 Å². The monoisotopic (exact) mass is 316 g/mol. The number of aromatic nitrogens is 1. The standard InChI is InChI=1S/C17H24N4O2/c1-4-18-17(19-13-15-9-11-23-20-15)21(3)10-12-22-16-8-6-5-7-14(16)2/h5-9,11H,4,10,12-13H2,1-3H3,(H,18,19). The van der Waals surface area contributed by atoms with E-state index in [0.29, 0.717) is 13.2 Å². The van der Waals surface area contributed by atoms with Gasteiger partial charge >= 0.3 is 0 Å². The zero-order valence-electron chi connectivity index (χ0n) is 14.0. The average Bonchev–Trinajstić information content (AvgIpc) is 3.06. The van der Waals surface area contributed by atoms with Crippen molar-refractivity contribution in [3.05, 3.63) is 47.9 Å². The maximum absolute atomic E-state index is 5.83. The van der Waals surface area contributed by atoms with Crippen LogP contribution in [-0.4, -0.2) is 42.8 Å². The van der Waals surface area contributed by atoms with Gasteiger partial charge in [-0.3, -0.25) is 0 Å². The van der Waals surface area contributed by atoms with Crippen LogP contribution in [0.25, 0.3) is 0 Å². The fourth-order valence-electron chi connectivity index (χ4n) is 2.06. The lowest BCUT2D eigenvalue weighted by atomic mass is 10.2. The number of hydrogen-bond acceptors (Lipinski definition) is 4. The van der Waals surface area contributed by atoms with Gasteiger partial charge in [0.15, 0.2) is 5.96 Å². The van der Waals surface area contributed by atoms with Crippen LogP contribution in [0, 0.1) is 6.92 Å². The minimum atomic E-state index is 0.488. The second kappa shape index (κ2) is 8.82. The van der Waals surface area contributed by atoms with Gasteiger partial charge in [0.05, 0.1) is 13.1 Å². The van der Waals surface area contributed by atoms with Crippen LogP contribution in [0.5, 0.6) is 5.75 Å². The molecule has 0 unspecified atom stereocenters. The van der Waals surface area contributed by atoms with Gasteiger partial charge in [0, 0.05) is 19.7 Å². The number of para-hydroxylation sites is 1. The molecule has 0 atom stereocenters. The quantitative estimate of drug-likeness (QED) is 0.628. The molecule has 2 aromatic rings. The summed E-state index contributed by atoms with van der Waals surface area (Å²) in [6, 6.07) is 9.83. The third-order valence-electron chi connectivity index (χ3n) is 3.36. The Bertz CT molecular complexity index is 611. The molecule has 0 fully saturated rings. The summed E-state index contributed by atoms with van der Waals surface area (Å²) in [7, 11) is 1.99. The fourth-order valence-corrected chi connectivity index (χ4v) is 2.06. The third-order valence-corrected chi connectivity index (χ3v) is 3.36. The number of nitrogens with zero attached hydrogens (tertiary/aromatic N) is 3. The average molecular weight is 316 g/mol. The summed E-state index contributed by atoms with van der Waals surface area (Å²) in [5, 5.41) is 7.13. The van der Waals surface area contributed by atoms with Gasteiger partial charge in [-0.05, 0) is 25.5 Å². The lowest BCUT2D eigenvalue weighted by Gasteiger charge is -2.22. The number of ether oxygens (including phenoxy) is 1. The molecule has 0 aliphatic rings. The van der Waals surface area contributed by atoms with Crippen molar-refractivity contribution in [1.82, 2.24) is 15.4 Å². The van der Waals surface area contributed by atoms with Crippen molar-refractivity contribution in [3.63, 3.8) is 0 Å². The highest BCUT2D eigenvalue weighted by molar-refractivity contribution is 5.79. The van der Waals surface area contributed by atoms with Crippen LogP contribution >= 0.6 is 0 Å². The van der Waals surface area contributed by atoms with Crippen molar-refractivity contribution in [2.45, 2.75) is 20.4 Å². The van der Waals surface area contributed by atoms with Gasteiger partial charge < -0.3 is 19.5 Å².